The molecule has 27 heavy (non-hydrogen) atoms. The number of ether oxygens (including phenoxy) is 2. The van der Waals surface area contributed by atoms with Crippen molar-refractivity contribution in [2.45, 2.75) is 6.10 Å². The van der Waals surface area contributed by atoms with Crippen molar-refractivity contribution in [1.82, 2.24) is 5.32 Å². The van der Waals surface area contributed by atoms with Gasteiger partial charge in [-0.1, -0.05) is 0 Å². The van der Waals surface area contributed by atoms with Gasteiger partial charge in [0.1, 0.15) is 11.8 Å². The lowest BCUT2D eigenvalue weighted by Crippen LogP contribution is -2.39. The van der Waals surface area contributed by atoms with Gasteiger partial charge < -0.3 is 19.7 Å². The van der Waals surface area contributed by atoms with Crippen molar-refractivity contribution in [2.75, 3.05) is 54.6 Å². The molecule has 1 unspecified atom stereocenters. The van der Waals surface area contributed by atoms with Crippen molar-refractivity contribution in [1.29, 1.82) is 0 Å². The third kappa shape index (κ3) is 4.29. The number of nitrogens with one attached hydrogen (secondary N) is 1. The Morgan fingerprint density at radius 3 is 2.56 bits per heavy atom. The summed E-state index contributed by atoms with van der Waals surface area (Å²) in [6, 6.07) is 2.14. The van der Waals surface area contributed by atoms with Crippen LogP contribution in [0.15, 0.2) is 12.1 Å². The molecular formula is C16H19F2N3O5S. The van der Waals surface area contributed by atoms with E-state index in [1.54, 1.807) is 0 Å². The van der Waals surface area contributed by atoms with E-state index in [9.17, 15) is 22.6 Å². The Morgan fingerprint density at radius 2 is 1.96 bits per heavy atom. The Morgan fingerprint density at radius 1 is 1.33 bits per heavy atom. The van der Waals surface area contributed by atoms with Crippen LogP contribution in [0.1, 0.15) is 0 Å². The summed E-state index contributed by atoms with van der Waals surface area (Å²) in [5, 5.41) is 2.40. The Balaban J connectivity index is 1.73. The van der Waals surface area contributed by atoms with Crippen LogP contribution in [0, 0.1) is 11.6 Å². The number of cyclic esters (lactones) is 1. The van der Waals surface area contributed by atoms with Gasteiger partial charge in [0.2, 0.25) is 0 Å². The molecule has 1 aromatic rings. The van der Waals surface area contributed by atoms with Crippen LogP contribution >= 0.6 is 0 Å². The highest BCUT2D eigenvalue weighted by atomic mass is 32.2. The maximum absolute atomic E-state index is 14.6. The van der Waals surface area contributed by atoms with Gasteiger partial charge in [-0.25, -0.2) is 18.4 Å². The summed E-state index contributed by atoms with van der Waals surface area (Å²) >= 11 is 0. The highest BCUT2D eigenvalue weighted by Crippen LogP contribution is 2.31. The molecule has 1 N–H and O–H groups in total. The van der Waals surface area contributed by atoms with Gasteiger partial charge in [-0.15, -0.1) is 0 Å². The molecule has 2 aliphatic rings. The molecule has 2 heterocycles. The van der Waals surface area contributed by atoms with Crippen LogP contribution in [0.4, 0.5) is 29.7 Å². The lowest BCUT2D eigenvalue weighted by molar-refractivity contribution is 0.132. The number of hydrogen-bond acceptors (Lipinski definition) is 6. The summed E-state index contributed by atoms with van der Waals surface area (Å²) in [5.41, 5.74) is -0.160. The van der Waals surface area contributed by atoms with Gasteiger partial charge in [-0.05, 0) is 0 Å². The molecule has 2 amide bonds. The maximum atomic E-state index is 14.6. The zero-order valence-corrected chi connectivity index (χ0v) is 15.4. The Kier molecular flexibility index (Phi) is 5.78. The van der Waals surface area contributed by atoms with Crippen molar-refractivity contribution in [3.8, 4) is 0 Å². The van der Waals surface area contributed by atoms with E-state index in [4.69, 9.17) is 4.74 Å². The molecule has 11 heteroatoms. The molecular weight excluding hydrogens is 384 g/mol. The summed E-state index contributed by atoms with van der Waals surface area (Å²) in [5.74, 6) is -0.898. The zero-order valence-electron chi connectivity index (χ0n) is 14.6. The van der Waals surface area contributed by atoms with Crippen molar-refractivity contribution < 1.29 is 32.1 Å². The molecule has 0 spiro atoms. The fourth-order valence-corrected chi connectivity index (χ4v) is 4.03. The van der Waals surface area contributed by atoms with E-state index in [1.165, 1.54) is 12.0 Å². The first-order chi connectivity index (χ1) is 12.9. The first-order valence-electron chi connectivity index (χ1n) is 8.28. The number of carbonyl (C=O) groups excluding carboxylic acids is 2. The topological polar surface area (TPSA) is 88.2 Å². The number of alkyl carbamates (subject to hydrolysis) is 1. The van der Waals surface area contributed by atoms with Gasteiger partial charge in [0.05, 0.1) is 25.9 Å². The molecule has 3 rings (SSSR count). The highest BCUT2D eigenvalue weighted by molar-refractivity contribution is 7.85. The van der Waals surface area contributed by atoms with Crippen LogP contribution in [0.5, 0.6) is 0 Å². The largest absolute Gasteiger partial charge is 0.453 e. The molecule has 2 fully saturated rings. The van der Waals surface area contributed by atoms with Crippen molar-refractivity contribution in [3.63, 3.8) is 0 Å². The van der Waals surface area contributed by atoms with Crippen LogP contribution in [-0.2, 0) is 20.3 Å². The summed E-state index contributed by atoms with van der Waals surface area (Å²) in [6.45, 7) is 0.645. The average molecular weight is 403 g/mol. The smallest absolute Gasteiger partial charge is 0.414 e. The number of anilines is 2. The lowest BCUT2D eigenvalue weighted by atomic mass is 10.2. The zero-order chi connectivity index (χ0) is 19.6. The summed E-state index contributed by atoms with van der Waals surface area (Å²) < 4.78 is 50.1. The minimum absolute atomic E-state index is 0.0167. The molecule has 2 aliphatic heterocycles. The second kappa shape index (κ2) is 8.07. The van der Waals surface area contributed by atoms with Gasteiger partial charge in [-0.3, -0.25) is 9.11 Å². The van der Waals surface area contributed by atoms with E-state index in [0.29, 0.717) is 24.6 Å². The van der Waals surface area contributed by atoms with Gasteiger partial charge in [0.25, 0.3) is 0 Å². The van der Waals surface area contributed by atoms with Crippen LogP contribution in [0.3, 0.4) is 0 Å². The van der Waals surface area contributed by atoms with E-state index < -0.39 is 40.7 Å². The maximum Gasteiger partial charge on any atom is 0.414 e. The minimum atomic E-state index is -0.964. The van der Waals surface area contributed by atoms with Gasteiger partial charge >= 0.3 is 12.2 Å². The molecule has 0 bridgehead atoms. The van der Waals surface area contributed by atoms with Gasteiger partial charge in [-0.2, -0.15) is 0 Å². The van der Waals surface area contributed by atoms with Crippen molar-refractivity contribution >= 4 is 34.4 Å². The van der Waals surface area contributed by atoms with E-state index in [1.807, 2.05) is 0 Å². The van der Waals surface area contributed by atoms with Gasteiger partial charge in [0.15, 0.2) is 11.6 Å². The number of amides is 2. The number of halogens is 2. The molecule has 148 valence electrons. The molecule has 8 nitrogen and oxygen atoms in total. The van der Waals surface area contributed by atoms with E-state index in [2.05, 4.69) is 10.1 Å². The van der Waals surface area contributed by atoms with Crippen LogP contribution in [-0.4, -0.2) is 67.3 Å². The number of methoxy groups -OCH3 is 1. The Hall–Kier alpha value is -2.43. The summed E-state index contributed by atoms with van der Waals surface area (Å²) in [6.07, 6.45) is -2.10. The summed E-state index contributed by atoms with van der Waals surface area (Å²) in [4.78, 5) is 25.7. The van der Waals surface area contributed by atoms with E-state index in [-0.39, 0.29) is 24.5 Å². The second-order valence-electron chi connectivity index (χ2n) is 6.08. The number of benzene rings is 1. The first kappa shape index (κ1) is 19.3. The highest BCUT2D eigenvalue weighted by Gasteiger charge is 2.34. The fourth-order valence-electron chi connectivity index (χ4n) is 2.98. The standard InChI is InChI=1S/C16H19F2N3O5S/c1-25-15(22)19-8-11-9-21(16(23)26-11)10-6-12(17)14(13(18)7-10)20-2-4-27(24)5-3-20/h6-7,11H,2-5,8-9H2,1H3,(H,19,22). The monoisotopic (exact) mass is 403 g/mol. The summed E-state index contributed by atoms with van der Waals surface area (Å²) in [7, 11) is 0.240. The Labute approximate surface area is 156 Å². The van der Waals surface area contributed by atoms with Crippen molar-refractivity contribution in [3.05, 3.63) is 23.8 Å². The molecule has 2 saturated heterocycles. The predicted octanol–water partition coefficient (Wildman–Crippen LogP) is 1.21. The Bertz CT molecular complexity index is 745. The molecule has 0 saturated carbocycles. The number of rotatable bonds is 4. The SMILES string of the molecule is COC(=O)NCC1CN(c2cc(F)c(N3CCS(=O)CC3)c(F)c2)C(=O)O1. The van der Waals surface area contributed by atoms with Crippen LogP contribution in [0.25, 0.3) is 0 Å². The molecule has 0 radical (unpaired) electrons. The van der Waals surface area contributed by atoms with Gasteiger partial charge in [0, 0.05) is 47.5 Å². The normalized spacial score (nSPS) is 20.6. The predicted molar refractivity (Wildman–Crippen MR) is 94.5 cm³/mol. The molecule has 0 aliphatic carbocycles. The quantitative estimate of drug-likeness (QED) is 0.813. The number of hydrogen-bond donors (Lipinski definition) is 1. The average Bonchev–Trinajstić information content (AvgIpc) is 3.01. The number of carbonyl (C=O) groups is 2. The van der Waals surface area contributed by atoms with E-state index >= 15 is 0 Å². The van der Waals surface area contributed by atoms with Crippen LogP contribution < -0.4 is 15.1 Å². The van der Waals surface area contributed by atoms with Crippen LogP contribution in [0.2, 0.25) is 0 Å². The fraction of sp³-hybridized carbons (Fsp3) is 0.500. The molecule has 1 aromatic carbocycles. The first-order valence-corrected chi connectivity index (χ1v) is 9.76. The minimum Gasteiger partial charge on any atom is -0.453 e. The third-order valence-corrected chi connectivity index (χ3v) is 5.62. The van der Waals surface area contributed by atoms with E-state index in [0.717, 1.165) is 17.0 Å². The third-order valence-electron chi connectivity index (χ3n) is 4.34. The van der Waals surface area contributed by atoms with Crippen molar-refractivity contribution in [2.24, 2.45) is 0 Å². The second-order valence-corrected chi connectivity index (χ2v) is 7.78. The lowest BCUT2D eigenvalue weighted by Gasteiger charge is -2.29. The molecule has 0 aromatic heterocycles. The number of nitrogens with zero attached hydrogens (tertiary/aromatic N) is 2. The molecule has 1 atom stereocenters.